The molecule has 1 saturated heterocycles. The van der Waals surface area contributed by atoms with Gasteiger partial charge in [0.15, 0.2) is 5.78 Å². The predicted molar refractivity (Wildman–Crippen MR) is 124 cm³/mol. The van der Waals surface area contributed by atoms with Gasteiger partial charge in [-0.25, -0.2) is 14.5 Å². The van der Waals surface area contributed by atoms with Crippen molar-refractivity contribution in [2.24, 2.45) is 0 Å². The van der Waals surface area contributed by atoms with Crippen LogP contribution in [0.1, 0.15) is 42.0 Å². The molecule has 0 spiro atoms. The molecule has 0 bridgehead atoms. The van der Waals surface area contributed by atoms with Crippen molar-refractivity contribution in [2.75, 3.05) is 18.0 Å². The molecule has 0 aromatic heterocycles. The van der Waals surface area contributed by atoms with Crippen molar-refractivity contribution in [3.05, 3.63) is 76.5 Å². The number of Topliss-reactive ketones (excluding diaryl/α,β-unsaturated/α-hetero) is 1. The average molecular weight is 510 g/mol. The lowest BCUT2D eigenvalue weighted by Gasteiger charge is -2.47. The number of imide groups is 1. The molecule has 2 aliphatic heterocycles. The Morgan fingerprint density at radius 3 is 2.38 bits per heavy atom. The Hall–Kier alpha value is -4.17. The third-order valence-electron chi connectivity index (χ3n) is 6.75. The fraction of sp³-hybridized carbons (Fsp3) is 0.308. The number of amides is 4. The average Bonchev–Trinajstić information content (AvgIpc) is 2.85. The largest absolute Gasteiger partial charge is 0.416 e. The number of urea groups is 2. The number of likely N-dealkylation sites (tertiary alicyclic amines) is 1. The summed E-state index contributed by atoms with van der Waals surface area (Å²) in [5.74, 6) is -0.318. The molecule has 1 atom stereocenters. The molecule has 1 aliphatic carbocycles. The minimum absolute atomic E-state index is 0.0217. The maximum absolute atomic E-state index is 14.0. The number of hydrogen-bond acceptors (Lipinski definition) is 5. The van der Waals surface area contributed by atoms with Crippen molar-refractivity contribution in [1.29, 1.82) is 5.26 Å². The Balaban J connectivity index is 1.71. The van der Waals surface area contributed by atoms with Gasteiger partial charge in [-0.05, 0) is 48.7 Å². The molecule has 37 heavy (non-hydrogen) atoms. The lowest BCUT2D eigenvalue weighted by molar-refractivity contribution is -0.137. The molecule has 5 rings (SSSR count). The number of alkyl halides is 3. The summed E-state index contributed by atoms with van der Waals surface area (Å²) >= 11 is 0. The third kappa shape index (κ3) is 4.23. The number of anilines is 1. The van der Waals surface area contributed by atoms with E-state index in [0.717, 1.165) is 21.9 Å². The molecule has 0 saturated carbocycles. The van der Waals surface area contributed by atoms with Gasteiger partial charge in [0, 0.05) is 17.7 Å². The number of halogens is 3. The van der Waals surface area contributed by atoms with Gasteiger partial charge in [0.1, 0.15) is 0 Å². The third-order valence-corrected chi connectivity index (χ3v) is 6.75. The molecule has 11 heteroatoms. The summed E-state index contributed by atoms with van der Waals surface area (Å²) in [6.07, 6.45) is -4.63. The molecule has 1 N–H and O–H groups in total. The Morgan fingerprint density at radius 2 is 1.76 bits per heavy atom. The van der Waals surface area contributed by atoms with Crippen molar-refractivity contribution in [3.63, 3.8) is 0 Å². The number of ketones is 1. The van der Waals surface area contributed by atoms with Gasteiger partial charge in [0.25, 0.3) is 0 Å². The highest BCUT2D eigenvalue weighted by atomic mass is 19.4. The fourth-order valence-electron chi connectivity index (χ4n) is 4.95. The molecule has 2 aromatic carbocycles. The number of nitrogens with zero attached hydrogens (tertiary/aromatic N) is 4. The van der Waals surface area contributed by atoms with Crippen LogP contribution in [0.25, 0.3) is 0 Å². The van der Waals surface area contributed by atoms with Crippen LogP contribution >= 0.6 is 0 Å². The second-order valence-corrected chi connectivity index (χ2v) is 9.15. The zero-order valence-electron chi connectivity index (χ0n) is 19.4. The molecule has 3 aliphatic rings. The van der Waals surface area contributed by atoms with Crippen LogP contribution in [0, 0.1) is 11.3 Å². The number of benzene rings is 2. The van der Waals surface area contributed by atoms with Crippen molar-refractivity contribution >= 4 is 23.5 Å². The minimum Gasteiger partial charge on any atom is -0.389 e. The van der Waals surface area contributed by atoms with Crippen molar-refractivity contribution in [1.82, 2.24) is 9.80 Å². The van der Waals surface area contributed by atoms with E-state index < -0.39 is 35.9 Å². The summed E-state index contributed by atoms with van der Waals surface area (Å²) in [7, 11) is 0. The Kier molecular flexibility index (Phi) is 6.00. The van der Waals surface area contributed by atoms with Gasteiger partial charge < -0.3 is 10.0 Å². The van der Waals surface area contributed by atoms with Gasteiger partial charge in [0.05, 0.1) is 48.1 Å². The van der Waals surface area contributed by atoms with Gasteiger partial charge in [-0.3, -0.25) is 9.69 Å². The van der Waals surface area contributed by atoms with Crippen LogP contribution in [-0.2, 0) is 11.0 Å². The van der Waals surface area contributed by atoms with Crippen LogP contribution < -0.4 is 4.90 Å². The number of allylic oxidation sites excluding steroid dienone is 1. The molecule has 190 valence electrons. The Morgan fingerprint density at radius 1 is 1.05 bits per heavy atom. The van der Waals surface area contributed by atoms with Crippen LogP contribution in [0.5, 0.6) is 0 Å². The summed E-state index contributed by atoms with van der Waals surface area (Å²) < 4.78 is 40.5. The van der Waals surface area contributed by atoms with E-state index in [1.807, 2.05) is 6.07 Å². The quantitative estimate of drug-likeness (QED) is 0.646. The SMILES string of the molecule is N#Cc1ccc(C2C3=C(CCCC3=O)N(c3cccc(C(F)(F)F)c3)C(=O)N2C(=O)N2CC(O)C2)cc1. The zero-order valence-corrected chi connectivity index (χ0v) is 19.4. The monoisotopic (exact) mass is 510 g/mol. The summed E-state index contributed by atoms with van der Waals surface area (Å²) in [5.41, 5.74) is 0.0735. The van der Waals surface area contributed by atoms with E-state index in [4.69, 9.17) is 0 Å². The number of hydrogen-bond donors (Lipinski definition) is 1. The molecule has 0 radical (unpaired) electrons. The number of aliphatic hydroxyl groups is 1. The molecule has 2 heterocycles. The second kappa shape index (κ2) is 9.05. The molecule has 4 amide bonds. The fourth-order valence-corrected chi connectivity index (χ4v) is 4.95. The van der Waals surface area contributed by atoms with E-state index in [2.05, 4.69) is 0 Å². The van der Waals surface area contributed by atoms with Gasteiger partial charge in [0.2, 0.25) is 0 Å². The smallest absolute Gasteiger partial charge is 0.389 e. The lowest BCUT2D eigenvalue weighted by Crippen LogP contribution is -2.62. The van der Waals surface area contributed by atoms with Crippen LogP contribution in [0.4, 0.5) is 28.4 Å². The number of carbonyl (C=O) groups excluding carboxylic acids is 3. The Labute approximate surface area is 209 Å². The molecule has 1 fully saturated rings. The molecular formula is C26H21F3N4O4. The van der Waals surface area contributed by atoms with E-state index >= 15 is 0 Å². The van der Waals surface area contributed by atoms with Crippen molar-refractivity contribution in [3.8, 4) is 6.07 Å². The summed E-state index contributed by atoms with van der Waals surface area (Å²) in [4.78, 5) is 44.0. The van der Waals surface area contributed by atoms with E-state index in [1.165, 1.54) is 29.2 Å². The number of carbonyl (C=O) groups is 3. The topological polar surface area (TPSA) is 105 Å². The molecule has 8 nitrogen and oxygen atoms in total. The minimum atomic E-state index is -4.66. The van der Waals surface area contributed by atoms with E-state index in [-0.39, 0.29) is 48.7 Å². The highest BCUT2D eigenvalue weighted by Gasteiger charge is 2.49. The maximum atomic E-state index is 14.0. The number of nitriles is 1. The number of rotatable bonds is 2. The molecular weight excluding hydrogens is 489 g/mol. The van der Waals surface area contributed by atoms with Gasteiger partial charge in [-0.15, -0.1) is 0 Å². The van der Waals surface area contributed by atoms with E-state index in [0.29, 0.717) is 17.5 Å². The maximum Gasteiger partial charge on any atom is 0.416 e. The van der Waals surface area contributed by atoms with Gasteiger partial charge >= 0.3 is 18.2 Å². The highest BCUT2D eigenvalue weighted by Crippen LogP contribution is 2.45. The summed E-state index contributed by atoms with van der Waals surface area (Å²) in [5, 5.41) is 18.9. The van der Waals surface area contributed by atoms with Crippen LogP contribution in [0.3, 0.4) is 0 Å². The zero-order chi connectivity index (χ0) is 26.5. The Bertz CT molecular complexity index is 1360. The standard InChI is InChI=1S/C26H21F3N4O4/c27-26(28,29)17-3-1-4-18(11-17)32-20-5-2-6-21(35)22(20)23(16-9-7-15(12-30)8-10-16)33(25(32)37)24(36)31-13-19(34)14-31/h1,3-4,7-11,19,23,34H,2,5-6,13-14H2. The second-order valence-electron chi connectivity index (χ2n) is 9.15. The first-order chi connectivity index (χ1) is 17.6. The summed E-state index contributed by atoms with van der Waals surface area (Å²) in [6.45, 7) is -0.0434. The van der Waals surface area contributed by atoms with Crippen LogP contribution in [0.2, 0.25) is 0 Å². The first kappa shape index (κ1) is 24.5. The first-order valence-electron chi connectivity index (χ1n) is 11.6. The van der Waals surface area contributed by atoms with Crippen LogP contribution in [-0.4, -0.2) is 51.9 Å². The van der Waals surface area contributed by atoms with Crippen LogP contribution in [0.15, 0.2) is 59.8 Å². The lowest BCUT2D eigenvalue weighted by atomic mass is 9.83. The van der Waals surface area contributed by atoms with E-state index in [1.54, 1.807) is 12.1 Å². The van der Waals surface area contributed by atoms with Gasteiger partial charge in [-0.1, -0.05) is 18.2 Å². The molecule has 2 aromatic rings. The van der Waals surface area contributed by atoms with Gasteiger partial charge in [-0.2, -0.15) is 18.4 Å². The number of aliphatic hydroxyl groups excluding tert-OH is 1. The first-order valence-corrected chi connectivity index (χ1v) is 11.6. The highest BCUT2D eigenvalue weighted by molar-refractivity contribution is 6.11. The van der Waals surface area contributed by atoms with Crippen molar-refractivity contribution in [2.45, 2.75) is 37.6 Å². The molecule has 1 unspecified atom stereocenters. The van der Waals surface area contributed by atoms with E-state index in [9.17, 15) is 37.9 Å². The normalized spacial score (nSPS) is 20.5. The predicted octanol–water partition coefficient (Wildman–Crippen LogP) is 4.36. The summed E-state index contributed by atoms with van der Waals surface area (Å²) in [6, 6.07) is 9.49. The van der Waals surface area contributed by atoms with Crippen molar-refractivity contribution < 1.29 is 32.7 Å². The number of β-amino-alcohol motifs (C(OH)–C–C–N with tert-alkyl or cyclic N) is 1.